The molecule has 0 radical (unpaired) electrons. The summed E-state index contributed by atoms with van der Waals surface area (Å²) in [7, 11) is 0. The molecule has 0 saturated carbocycles. The Labute approximate surface area is 84.6 Å². The van der Waals surface area contributed by atoms with Crippen molar-refractivity contribution < 1.29 is 14.6 Å². The molecule has 0 aromatic heterocycles. The van der Waals surface area contributed by atoms with Gasteiger partial charge < -0.3 is 20.9 Å². The largest absolute Gasteiger partial charge is 0.394 e. The van der Waals surface area contributed by atoms with Crippen LogP contribution in [-0.4, -0.2) is 43.4 Å². The molecule has 14 heavy (non-hydrogen) atoms. The van der Waals surface area contributed by atoms with Gasteiger partial charge in [0.05, 0.1) is 25.9 Å². The highest BCUT2D eigenvalue weighted by Crippen LogP contribution is 1.97. The van der Waals surface area contributed by atoms with Crippen LogP contribution in [0.1, 0.15) is 13.8 Å². The van der Waals surface area contributed by atoms with Crippen LogP contribution in [0, 0.1) is 5.92 Å². The summed E-state index contributed by atoms with van der Waals surface area (Å²) in [5.41, 5.74) is 5.61. The second-order valence-corrected chi connectivity index (χ2v) is 3.40. The zero-order valence-electron chi connectivity index (χ0n) is 8.82. The number of nitrogens with one attached hydrogen (secondary N) is 1. The van der Waals surface area contributed by atoms with Gasteiger partial charge in [-0.15, -0.1) is 0 Å². The fourth-order valence-corrected chi connectivity index (χ4v) is 0.834. The number of rotatable bonds is 7. The molecule has 5 nitrogen and oxygen atoms in total. The van der Waals surface area contributed by atoms with Crippen molar-refractivity contribution >= 4 is 5.91 Å². The van der Waals surface area contributed by atoms with Crippen LogP contribution in [0.15, 0.2) is 0 Å². The first-order valence-corrected chi connectivity index (χ1v) is 4.81. The van der Waals surface area contributed by atoms with Crippen molar-refractivity contribution in [2.75, 3.05) is 26.4 Å². The van der Waals surface area contributed by atoms with E-state index in [2.05, 4.69) is 5.32 Å². The minimum absolute atomic E-state index is 0.000541. The Morgan fingerprint density at radius 2 is 2.14 bits per heavy atom. The molecule has 0 aliphatic rings. The van der Waals surface area contributed by atoms with Gasteiger partial charge in [-0.3, -0.25) is 4.79 Å². The average Bonchev–Trinajstić information content (AvgIpc) is 2.16. The van der Waals surface area contributed by atoms with E-state index in [1.807, 2.05) is 13.8 Å². The number of amides is 1. The maximum Gasteiger partial charge on any atom is 0.237 e. The molecule has 0 aromatic carbocycles. The van der Waals surface area contributed by atoms with Crippen LogP contribution in [0.5, 0.6) is 0 Å². The van der Waals surface area contributed by atoms with E-state index >= 15 is 0 Å². The monoisotopic (exact) mass is 204 g/mol. The van der Waals surface area contributed by atoms with Gasteiger partial charge in [-0.05, 0) is 5.92 Å². The highest BCUT2D eigenvalue weighted by Gasteiger charge is 2.15. The first-order valence-electron chi connectivity index (χ1n) is 4.81. The molecule has 0 aliphatic carbocycles. The molecule has 0 aromatic rings. The highest BCUT2D eigenvalue weighted by molar-refractivity contribution is 5.81. The molecule has 84 valence electrons. The van der Waals surface area contributed by atoms with E-state index in [9.17, 15) is 4.79 Å². The lowest BCUT2D eigenvalue weighted by Gasteiger charge is -2.15. The van der Waals surface area contributed by atoms with E-state index in [-0.39, 0.29) is 18.4 Å². The third kappa shape index (κ3) is 5.90. The minimum Gasteiger partial charge on any atom is -0.394 e. The number of carbonyl (C=O) groups excluding carboxylic acids is 1. The van der Waals surface area contributed by atoms with E-state index < -0.39 is 6.04 Å². The van der Waals surface area contributed by atoms with Crippen LogP contribution in [0.2, 0.25) is 0 Å². The first kappa shape index (κ1) is 13.4. The topological polar surface area (TPSA) is 84.6 Å². The Balaban J connectivity index is 3.44. The molecule has 1 unspecified atom stereocenters. The number of hydrogen-bond acceptors (Lipinski definition) is 4. The van der Waals surface area contributed by atoms with Gasteiger partial charge in [0.1, 0.15) is 0 Å². The summed E-state index contributed by atoms with van der Waals surface area (Å²) in [6, 6.07) is -0.465. The fourth-order valence-electron chi connectivity index (χ4n) is 0.834. The maximum atomic E-state index is 11.3. The molecule has 0 bridgehead atoms. The lowest BCUT2D eigenvalue weighted by Crippen LogP contribution is -2.44. The van der Waals surface area contributed by atoms with Crippen molar-refractivity contribution in [2.45, 2.75) is 19.9 Å². The van der Waals surface area contributed by atoms with Crippen molar-refractivity contribution in [1.82, 2.24) is 5.32 Å². The molecule has 0 rings (SSSR count). The Kier molecular flexibility index (Phi) is 7.37. The SMILES string of the molecule is CC(C)C(N)C(=O)NCCOCCO. The standard InChI is InChI=1S/C9H20N2O3/c1-7(2)8(10)9(13)11-3-5-14-6-4-12/h7-8,12H,3-6,10H2,1-2H3,(H,11,13). The zero-order valence-corrected chi connectivity index (χ0v) is 8.82. The average molecular weight is 204 g/mol. The molecule has 4 N–H and O–H groups in total. The summed E-state index contributed by atoms with van der Waals surface area (Å²) in [4.78, 5) is 11.3. The quantitative estimate of drug-likeness (QED) is 0.469. The molecular formula is C9H20N2O3. The minimum atomic E-state index is -0.465. The number of nitrogens with two attached hydrogens (primary N) is 1. The number of hydrogen-bond donors (Lipinski definition) is 3. The smallest absolute Gasteiger partial charge is 0.237 e. The van der Waals surface area contributed by atoms with Crippen LogP contribution in [0.3, 0.4) is 0 Å². The predicted octanol–water partition coefficient (Wildman–Crippen LogP) is -0.905. The van der Waals surface area contributed by atoms with Crippen molar-refractivity contribution in [2.24, 2.45) is 11.7 Å². The van der Waals surface area contributed by atoms with Crippen molar-refractivity contribution in [3.05, 3.63) is 0 Å². The number of carbonyl (C=O) groups is 1. The van der Waals surface area contributed by atoms with E-state index in [0.29, 0.717) is 19.8 Å². The number of aliphatic hydroxyl groups excluding tert-OH is 1. The molecular weight excluding hydrogens is 184 g/mol. The second-order valence-electron chi connectivity index (χ2n) is 3.40. The number of aliphatic hydroxyl groups is 1. The van der Waals surface area contributed by atoms with Gasteiger partial charge in [-0.1, -0.05) is 13.8 Å². The van der Waals surface area contributed by atoms with Crippen LogP contribution in [0.4, 0.5) is 0 Å². The van der Waals surface area contributed by atoms with Crippen molar-refractivity contribution in [3.8, 4) is 0 Å². The summed E-state index contributed by atoms with van der Waals surface area (Å²) >= 11 is 0. The Hall–Kier alpha value is -0.650. The van der Waals surface area contributed by atoms with E-state index in [1.54, 1.807) is 0 Å². The van der Waals surface area contributed by atoms with Gasteiger partial charge >= 0.3 is 0 Å². The van der Waals surface area contributed by atoms with Gasteiger partial charge in [0.25, 0.3) is 0 Å². The van der Waals surface area contributed by atoms with Gasteiger partial charge in [0, 0.05) is 6.54 Å². The molecule has 0 spiro atoms. The van der Waals surface area contributed by atoms with Gasteiger partial charge in [-0.25, -0.2) is 0 Å². The lowest BCUT2D eigenvalue weighted by atomic mass is 10.1. The zero-order chi connectivity index (χ0) is 11.0. The number of ether oxygens (including phenoxy) is 1. The van der Waals surface area contributed by atoms with Gasteiger partial charge in [-0.2, -0.15) is 0 Å². The fraction of sp³-hybridized carbons (Fsp3) is 0.889. The van der Waals surface area contributed by atoms with Crippen LogP contribution < -0.4 is 11.1 Å². The maximum absolute atomic E-state index is 11.3. The summed E-state index contributed by atoms with van der Waals surface area (Å²) < 4.78 is 4.97. The second kappa shape index (κ2) is 7.73. The van der Waals surface area contributed by atoms with E-state index in [1.165, 1.54) is 0 Å². The van der Waals surface area contributed by atoms with Gasteiger partial charge in [0.15, 0.2) is 0 Å². The molecule has 5 heteroatoms. The van der Waals surface area contributed by atoms with Crippen molar-refractivity contribution in [1.29, 1.82) is 0 Å². The van der Waals surface area contributed by atoms with Crippen LogP contribution in [-0.2, 0) is 9.53 Å². The predicted molar refractivity (Wildman–Crippen MR) is 53.7 cm³/mol. The summed E-state index contributed by atoms with van der Waals surface area (Å²) in [5.74, 6) is -0.0269. The lowest BCUT2D eigenvalue weighted by molar-refractivity contribution is -0.123. The van der Waals surface area contributed by atoms with E-state index in [4.69, 9.17) is 15.6 Å². The highest BCUT2D eigenvalue weighted by atomic mass is 16.5. The summed E-state index contributed by atoms with van der Waals surface area (Å²) in [5, 5.41) is 11.1. The summed E-state index contributed by atoms with van der Waals surface area (Å²) in [6.45, 7) is 4.92. The molecule has 0 aliphatic heterocycles. The normalized spacial score (nSPS) is 12.9. The Morgan fingerprint density at radius 1 is 1.50 bits per heavy atom. The Bertz CT molecular complexity index is 162. The molecule has 0 saturated heterocycles. The van der Waals surface area contributed by atoms with E-state index in [0.717, 1.165) is 0 Å². The Morgan fingerprint density at radius 3 is 2.64 bits per heavy atom. The molecule has 0 heterocycles. The molecule has 0 fully saturated rings. The third-order valence-corrected chi connectivity index (χ3v) is 1.80. The van der Waals surface area contributed by atoms with Crippen molar-refractivity contribution in [3.63, 3.8) is 0 Å². The molecule has 1 amide bonds. The van der Waals surface area contributed by atoms with Crippen LogP contribution in [0.25, 0.3) is 0 Å². The molecule has 1 atom stereocenters. The first-order chi connectivity index (χ1) is 6.59. The summed E-state index contributed by atoms with van der Waals surface area (Å²) in [6.07, 6.45) is 0. The van der Waals surface area contributed by atoms with Gasteiger partial charge in [0.2, 0.25) is 5.91 Å². The third-order valence-electron chi connectivity index (χ3n) is 1.80. The van der Waals surface area contributed by atoms with Crippen LogP contribution >= 0.6 is 0 Å².